The van der Waals surface area contributed by atoms with E-state index in [1.54, 1.807) is 9.58 Å². The van der Waals surface area contributed by atoms with Gasteiger partial charge in [0.2, 0.25) is 11.8 Å². The standard InChI is InChI=1S/C18H28N4O2/c1-3-21-13-15(9-17(21)23)18(24)22(16-7-5-4-6-8-16)12-14-10-19-20(2)11-14/h10-11,15-16H,3-9,12-13H2,1-2H3/t15-/m0/s1. The van der Waals surface area contributed by atoms with E-state index >= 15 is 0 Å². The maximum Gasteiger partial charge on any atom is 0.228 e. The highest BCUT2D eigenvalue weighted by atomic mass is 16.2. The van der Waals surface area contributed by atoms with Crippen molar-refractivity contribution in [1.82, 2.24) is 19.6 Å². The Morgan fingerprint density at radius 1 is 1.33 bits per heavy atom. The minimum Gasteiger partial charge on any atom is -0.342 e. The molecule has 0 bridgehead atoms. The SMILES string of the molecule is CCN1C[C@@H](C(=O)N(Cc2cnn(C)c2)C2CCCCC2)CC1=O. The maximum absolute atomic E-state index is 13.2. The van der Waals surface area contributed by atoms with Crippen molar-refractivity contribution in [2.45, 2.75) is 58.0 Å². The molecule has 2 aliphatic rings. The van der Waals surface area contributed by atoms with Crippen LogP contribution in [0.5, 0.6) is 0 Å². The number of carbonyl (C=O) groups is 2. The first-order chi connectivity index (χ1) is 11.6. The molecule has 1 atom stereocenters. The Morgan fingerprint density at radius 2 is 2.08 bits per heavy atom. The average Bonchev–Trinajstić information content (AvgIpc) is 3.18. The number of likely N-dealkylation sites (tertiary alicyclic amines) is 1. The molecule has 1 saturated heterocycles. The largest absolute Gasteiger partial charge is 0.342 e. The second-order valence-corrected chi connectivity index (χ2v) is 7.11. The molecule has 2 amide bonds. The first-order valence-electron chi connectivity index (χ1n) is 9.14. The molecule has 0 spiro atoms. The minimum atomic E-state index is -0.184. The molecule has 0 radical (unpaired) electrons. The van der Waals surface area contributed by atoms with Gasteiger partial charge in [0.15, 0.2) is 0 Å². The molecular formula is C18H28N4O2. The van der Waals surface area contributed by atoms with Crippen molar-refractivity contribution in [3.63, 3.8) is 0 Å². The first-order valence-corrected chi connectivity index (χ1v) is 9.14. The summed E-state index contributed by atoms with van der Waals surface area (Å²) in [5.41, 5.74) is 1.06. The first kappa shape index (κ1) is 17.0. The number of hydrogen-bond acceptors (Lipinski definition) is 3. The highest BCUT2D eigenvalue weighted by Crippen LogP contribution is 2.28. The highest BCUT2D eigenvalue weighted by molar-refractivity contribution is 5.89. The molecule has 6 nitrogen and oxygen atoms in total. The van der Waals surface area contributed by atoms with Crippen LogP contribution in [-0.2, 0) is 23.2 Å². The fraction of sp³-hybridized carbons (Fsp3) is 0.722. The number of aromatic nitrogens is 2. The Balaban J connectivity index is 1.75. The van der Waals surface area contributed by atoms with Gasteiger partial charge in [-0.15, -0.1) is 0 Å². The Kier molecular flexibility index (Phi) is 5.21. The van der Waals surface area contributed by atoms with Crippen molar-refractivity contribution in [3.8, 4) is 0 Å². The average molecular weight is 332 g/mol. The summed E-state index contributed by atoms with van der Waals surface area (Å²) in [6.07, 6.45) is 9.95. The van der Waals surface area contributed by atoms with Gasteiger partial charge in [0, 0.05) is 50.9 Å². The van der Waals surface area contributed by atoms with Gasteiger partial charge in [-0.2, -0.15) is 5.10 Å². The van der Waals surface area contributed by atoms with E-state index < -0.39 is 0 Å². The van der Waals surface area contributed by atoms with Crippen LogP contribution >= 0.6 is 0 Å². The molecule has 1 aromatic rings. The van der Waals surface area contributed by atoms with E-state index in [1.807, 2.05) is 31.3 Å². The van der Waals surface area contributed by atoms with E-state index in [-0.39, 0.29) is 17.7 Å². The summed E-state index contributed by atoms with van der Waals surface area (Å²) in [5.74, 6) is 0.0759. The van der Waals surface area contributed by atoms with E-state index in [4.69, 9.17) is 0 Å². The molecule has 0 unspecified atom stereocenters. The van der Waals surface area contributed by atoms with E-state index in [1.165, 1.54) is 19.3 Å². The Labute approximate surface area is 143 Å². The number of rotatable bonds is 5. The van der Waals surface area contributed by atoms with Crippen LogP contribution in [0.1, 0.15) is 51.0 Å². The highest BCUT2D eigenvalue weighted by Gasteiger charge is 2.38. The molecule has 1 aliphatic heterocycles. The van der Waals surface area contributed by atoms with Gasteiger partial charge < -0.3 is 9.80 Å². The van der Waals surface area contributed by atoms with E-state index in [0.717, 1.165) is 18.4 Å². The van der Waals surface area contributed by atoms with Gasteiger partial charge in [-0.3, -0.25) is 14.3 Å². The predicted molar refractivity (Wildman–Crippen MR) is 91.0 cm³/mol. The summed E-state index contributed by atoms with van der Waals surface area (Å²) < 4.78 is 1.77. The van der Waals surface area contributed by atoms with E-state index in [2.05, 4.69) is 5.10 Å². The topological polar surface area (TPSA) is 58.4 Å². The lowest BCUT2D eigenvalue weighted by Gasteiger charge is -2.35. The zero-order valence-electron chi connectivity index (χ0n) is 14.8. The summed E-state index contributed by atoms with van der Waals surface area (Å²) >= 11 is 0. The number of aryl methyl sites for hydroxylation is 1. The van der Waals surface area contributed by atoms with Crippen LogP contribution in [-0.4, -0.2) is 50.5 Å². The van der Waals surface area contributed by atoms with Crippen molar-refractivity contribution >= 4 is 11.8 Å². The second-order valence-electron chi connectivity index (χ2n) is 7.11. The molecule has 0 N–H and O–H groups in total. The molecule has 2 heterocycles. The van der Waals surface area contributed by atoms with Crippen molar-refractivity contribution in [1.29, 1.82) is 0 Å². The van der Waals surface area contributed by atoms with Crippen LogP contribution in [0.3, 0.4) is 0 Å². The fourth-order valence-electron chi connectivity index (χ4n) is 4.01. The quantitative estimate of drug-likeness (QED) is 0.828. The second kappa shape index (κ2) is 7.36. The van der Waals surface area contributed by atoms with Crippen LogP contribution in [0, 0.1) is 5.92 Å². The summed E-state index contributed by atoms with van der Waals surface area (Å²) in [4.78, 5) is 29.0. The third-order valence-corrected chi connectivity index (χ3v) is 5.36. The van der Waals surface area contributed by atoms with Gasteiger partial charge in [-0.25, -0.2) is 0 Å². The maximum atomic E-state index is 13.2. The number of amides is 2. The molecular weight excluding hydrogens is 304 g/mol. The van der Waals surface area contributed by atoms with Crippen molar-refractivity contribution in [3.05, 3.63) is 18.0 Å². The summed E-state index contributed by atoms with van der Waals surface area (Å²) in [5, 5.41) is 4.23. The molecule has 3 rings (SSSR count). The van der Waals surface area contributed by atoms with Crippen LogP contribution in [0.25, 0.3) is 0 Å². The van der Waals surface area contributed by atoms with Gasteiger partial charge >= 0.3 is 0 Å². The lowest BCUT2D eigenvalue weighted by Crippen LogP contribution is -2.44. The summed E-state index contributed by atoms with van der Waals surface area (Å²) in [7, 11) is 1.89. The van der Waals surface area contributed by atoms with Crippen LogP contribution in [0.15, 0.2) is 12.4 Å². The van der Waals surface area contributed by atoms with Gasteiger partial charge in [-0.05, 0) is 19.8 Å². The van der Waals surface area contributed by atoms with E-state index in [9.17, 15) is 9.59 Å². The normalized spacial score (nSPS) is 22.2. The smallest absolute Gasteiger partial charge is 0.228 e. The Morgan fingerprint density at radius 3 is 2.67 bits per heavy atom. The number of carbonyl (C=O) groups excluding carboxylic acids is 2. The predicted octanol–water partition coefficient (Wildman–Crippen LogP) is 1.95. The lowest BCUT2D eigenvalue weighted by molar-refractivity contribution is -0.139. The lowest BCUT2D eigenvalue weighted by atomic mass is 9.92. The third kappa shape index (κ3) is 3.62. The van der Waals surface area contributed by atoms with E-state index in [0.29, 0.717) is 32.1 Å². The van der Waals surface area contributed by atoms with Crippen molar-refractivity contribution < 1.29 is 9.59 Å². The minimum absolute atomic E-state index is 0.112. The Bertz CT molecular complexity index is 592. The molecule has 1 aliphatic carbocycles. The zero-order valence-corrected chi connectivity index (χ0v) is 14.8. The number of hydrogen-bond donors (Lipinski definition) is 0. The van der Waals surface area contributed by atoms with Crippen LogP contribution in [0.4, 0.5) is 0 Å². The molecule has 132 valence electrons. The zero-order chi connectivity index (χ0) is 17.1. The molecule has 6 heteroatoms. The number of nitrogens with zero attached hydrogens (tertiary/aromatic N) is 4. The van der Waals surface area contributed by atoms with Gasteiger partial charge in [0.05, 0.1) is 12.1 Å². The summed E-state index contributed by atoms with van der Waals surface area (Å²) in [6.45, 7) is 3.84. The van der Waals surface area contributed by atoms with Gasteiger partial charge in [0.25, 0.3) is 0 Å². The fourth-order valence-corrected chi connectivity index (χ4v) is 4.01. The Hall–Kier alpha value is -1.85. The molecule has 2 fully saturated rings. The van der Waals surface area contributed by atoms with Crippen LogP contribution in [0.2, 0.25) is 0 Å². The monoisotopic (exact) mass is 332 g/mol. The van der Waals surface area contributed by atoms with Crippen LogP contribution < -0.4 is 0 Å². The molecule has 24 heavy (non-hydrogen) atoms. The summed E-state index contributed by atoms with van der Waals surface area (Å²) in [6, 6.07) is 0.303. The van der Waals surface area contributed by atoms with Crippen molar-refractivity contribution in [2.75, 3.05) is 13.1 Å². The van der Waals surface area contributed by atoms with Gasteiger partial charge in [0.1, 0.15) is 0 Å². The van der Waals surface area contributed by atoms with Gasteiger partial charge in [-0.1, -0.05) is 19.3 Å². The third-order valence-electron chi connectivity index (χ3n) is 5.36. The molecule has 1 aromatic heterocycles. The molecule has 0 aromatic carbocycles. The molecule has 1 saturated carbocycles. The van der Waals surface area contributed by atoms with Crippen molar-refractivity contribution in [2.24, 2.45) is 13.0 Å².